The standard InChI is InChI=1S/C14H20N2O3/c1-8-4-11(18-2)7-12(19-3)13(8)16-14(17)9-5-10(15)6-9/h4,7,9-10H,5-6,15H2,1-3H3,(H,16,17). The van der Waals surface area contributed by atoms with Crippen LogP contribution in [0.1, 0.15) is 18.4 Å². The molecule has 2 rings (SSSR count). The van der Waals surface area contributed by atoms with Crippen molar-refractivity contribution in [2.45, 2.75) is 25.8 Å². The highest BCUT2D eigenvalue weighted by molar-refractivity contribution is 5.95. The number of benzene rings is 1. The summed E-state index contributed by atoms with van der Waals surface area (Å²) in [6.07, 6.45) is 1.51. The molecule has 1 aliphatic rings. The monoisotopic (exact) mass is 264 g/mol. The Morgan fingerprint density at radius 3 is 2.53 bits per heavy atom. The van der Waals surface area contributed by atoms with Gasteiger partial charge in [-0.2, -0.15) is 0 Å². The second-order valence-electron chi connectivity index (χ2n) is 4.94. The van der Waals surface area contributed by atoms with Gasteiger partial charge in [-0.25, -0.2) is 0 Å². The van der Waals surface area contributed by atoms with Gasteiger partial charge in [0.1, 0.15) is 11.5 Å². The molecule has 0 aromatic heterocycles. The average molecular weight is 264 g/mol. The summed E-state index contributed by atoms with van der Waals surface area (Å²) in [6, 6.07) is 3.79. The van der Waals surface area contributed by atoms with E-state index in [1.54, 1.807) is 20.3 Å². The molecule has 3 N–H and O–H groups in total. The van der Waals surface area contributed by atoms with E-state index in [2.05, 4.69) is 5.32 Å². The molecule has 1 amide bonds. The highest BCUT2D eigenvalue weighted by atomic mass is 16.5. The molecule has 0 heterocycles. The fourth-order valence-electron chi connectivity index (χ4n) is 2.26. The summed E-state index contributed by atoms with van der Waals surface area (Å²) in [5.41, 5.74) is 7.32. The molecule has 0 unspecified atom stereocenters. The van der Waals surface area contributed by atoms with Gasteiger partial charge in [-0.15, -0.1) is 0 Å². The van der Waals surface area contributed by atoms with Crippen LogP contribution in [0.5, 0.6) is 11.5 Å². The van der Waals surface area contributed by atoms with E-state index < -0.39 is 0 Å². The van der Waals surface area contributed by atoms with E-state index in [9.17, 15) is 4.79 Å². The molecule has 1 aromatic rings. The topological polar surface area (TPSA) is 73.6 Å². The fourth-order valence-corrected chi connectivity index (χ4v) is 2.26. The van der Waals surface area contributed by atoms with E-state index in [1.165, 1.54) is 0 Å². The predicted molar refractivity (Wildman–Crippen MR) is 73.6 cm³/mol. The van der Waals surface area contributed by atoms with Gasteiger partial charge in [0.2, 0.25) is 5.91 Å². The molecule has 1 fully saturated rings. The van der Waals surface area contributed by atoms with Crippen molar-refractivity contribution in [1.29, 1.82) is 0 Å². The second kappa shape index (κ2) is 5.48. The lowest BCUT2D eigenvalue weighted by Crippen LogP contribution is -2.42. The van der Waals surface area contributed by atoms with Gasteiger partial charge < -0.3 is 20.5 Å². The van der Waals surface area contributed by atoms with Gasteiger partial charge in [-0.05, 0) is 31.4 Å². The van der Waals surface area contributed by atoms with Crippen LogP contribution in [0.15, 0.2) is 12.1 Å². The lowest BCUT2D eigenvalue weighted by atomic mass is 9.80. The quantitative estimate of drug-likeness (QED) is 0.868. The Kier molecular flexibility index (Phi) is 3.95. The van der Waals surface area contributed by atoms with Gasteiger partial charge in [-0.1, -0.05) is 0 Å². The largest absolute Gasteiger partial charge is 0.497 e. The summed E-state index contributed by atoms with van der Waals surface area (Å²) < 4.78 is 10.5. The zero-order chi connectivity index (χ0) is 14.0. The van der Waals surface area contributed by atoms with Gasteiger partial charge >= 0.3 is 0 Å². The van der Waals surface area contributed by atoms with Crippen molar-refractivity contribution in [3.8, 4) is 11.5 Å². The first-order valence-corrected chi connectivity index (χ1v) is 6.34. The molecule has 1 aliphatic carbocycles. The molecule has 104 valence electrons. The van der Waals surface area contributed by atoms with Crippen molar-refractivity contribution in [2.75, 3.05) is 19.5 Å². The van der Waals surface area contributed by atoms with Gasteiger partial charge in [0.25, 0.3) is 0 Å². The number of anilines is 1. The lowest BCUT2D eigenvalue weighted by Gasteiger charge is -2.31. The Hall–Kier alpha value is -1.75. The molecule has 5 heteroatoms. The van der Waals surface area contributed by atoms with Gasteiger partial charge in [0.15, 0.2) is 0 Å². The van der Waals surface area contributed by atoms with Crippen LogP contribution in [0, 0.1) is 12.8 Å². The minimum Gasteiger partial charge on any atom is -0.497 e. The van der Waals surface area contributed by atoms with Crippen LogP contribution in [0.4, 0.5) is 5.69 Å². The number of hydrogen-bond acceptors (Lipinski definition) is 4. The van der Waals surface area contributed by atoms with E-state index in [-0.39, 0.29) is 17.9 Å². The number of aryl methyl sites for hydroxylation is 1. The summed E-state index contributed by atoms with van der Waals surface area (Å²) in [5, 5.41) is 2.93. The first-order chi connectivity index (χ1) is 9.05. The normalized spacial score (nSPS) is 21.5. The summed E-state index contributed by atoms with van der Waals surface area (Å²) in [4.78, 5) is 12.1. The molecule has 5 nitrogen and oxygen atoms in total. The SMILES string of the molecule is COc1cc(C)c(NC(=O)C2CC(N)C2)c(OC)c1. The third kappa shape index (κ3) is 2.81. The number of carbonyl (C=O) groups is 1. The molecular formula is C14H20N2O3. The van der Waals surface area contributed by atoms with Crippen molar-refractivity contribution in [1.82, 2.24) is 0 Å². The molecule has 1 aromatic carbocycles. The zero-order valence-corrected chi connectivity index (χ0v) is 11.5. The average Bonchev–Trinajstić information content (AvgIpc) is 2.36. The fraction of sp³-hybridized carbons (Fsp3) is 0.500. The van der Waals surface area contributed by atoms with Crippen LogP contribution >= 0.6 is 0 Å². The summed E-state index contributed by atoms with van der Waals surface area (Å²) in [5.74, 6) is 1.33. The van der Waals surface area contributed by atoms with Crippen molar-refractivity contribution in [3.63, 3.8) is 0 Å². The van der Waals surface area contributed by atoms with E-state index >= 15 is 0 Å². The number of methoxy groups -OCH3 is 2. The van der Waals surface area contributed by atoms with Crippen molar-refractivity contribution in [3.05, 3.63) is 17.7 Å². The van der Waals surface area contributed by atoms with Crippen LogP contribution in [0.2, 0.25) is 0 Å². The Morgan fingerprint density at radius 2 is 2.00 bits per heavy atom. The second-order valence-corrected chi connectivity index (χ2v) is 4.94. The number of nitrogens with two attached hydrogens (primary N) is 1. The van der Waals surface area contributed by atoms with Gasteiger partial charge in [-0.3, -0.25) is 4.79 Å². The molecule has 19 heavy (non-hydrogen) atoms. The van der Waals surface area contributed by atoms with Gasteiger partial charge in [0.05, 0.1) is 19.9 Å². The zero-order valence-electron chi connectivity index (χ0n) is 11.5. The summed E-state index contributed by atoms with van der Waals surface area (Å²) in [6.45, 7) is 1.91. The van der Waals surface area contributed by atoms with Crippen LogP contribution in [0.25, 0.3) is 0 Å². The van der Waals surface area contributed by atoms with Crippen LogP contribution < -0.4 is 20.5 Å². The maximum atomic E-state index is 12.1. The van der Waals surface area contributed by atoms with Crippen LogP contribution in [-0.4, -0.2) is 26.2 Å². The number of hydrogen-bond donors (Lipinski definition) is 2. The van der Waals surface area contributed by atoms with Crippen molar-refractivity contribution in [2.24, 2.45) is 11.7 Å². The van der Waals surface area contributed by atoms with Crippen LogP contribution in [-0.2, 0) is 4.79 Å². The van der Waals surface area contributed by atoms with Crippen molar-refractivity contribution >= 4 is 11.6 Å². The van der Waals surface area contributed by atoms with Gasteiger partial charge in [0, 0.05) is 18.0 Å². The molecule has 0 bridgehead atoms. The third-order valence-electron chi connectivity index (χ3n) is 3.52. The minimum absolute atomic E-state index is 0.00765. The molecule has 0 atom stereocenters. The first kappa shape index (κ1) is 13.7. The Labute approximate surface area is 113 Å². The highest BCUT2D eigenvalue weighted by Crippen LogP contribution is 2.35. The number of amides is 1. The molecular weight excluding hydrogens is 244 g/mol. The maximum absolute atomic E-state index is 12.1. The highest BCUT2D eigenvalue weighted by Gasteiger charge is 2.32. The Balaban J connectivity index is 2.17. The van der Waals surface area contributed by atoms with E-state index in [0.717, 1.165) is 18.4 Å². The Morgan fingerprint density at radius 1 is 1.32 bits per heavy atom. The minimum atomic E-state index is 0.00765. The van der Waals surface area contributed by atoms with E-state index in [4.69, 9.17) is 15.2 Å². The summed E-state index contributed by atoms with van der Waals surface area (Å²) in [7, 11) is 3.17. The molecule has 1 saturated carbocycles. The number of carbonyl (C=O) groups excluding carboxylic acids is 1. The first-order valence-electron chi connectivity index (χ1n) is 6.34. The molecule has 0 aliphatic heterocycles. The van der Waals surface area contributed by atoms with E-state index in [0.29, 0.717) is 17.2 Å². The maximum Gasteiger partial charge on any atom is 0.227 e. The number of ether oxygens (including phenoxy) is 2. The third-order valence-corrected chi connectivity index (χ3v) is 3.52. The lowest BCUT2D eigenvalue weighted by molar-refractivity contribution is -0.122. The molecule has 0 radical (unpaired) electrons. The molecule has 0 saturated heterocycles. The van der Waals surface area contributed by atoms with E-state index in [1.807, 2.05) is 13.0 Å². The molecule has 0 spiro atoms. The number of nitrogens with one attached hydrogen (secondary N) is 1. The number of rotatable bonds is 4. The van der Waals surface area contributed by atoms with Crippen molar-refractivity contribution < 1.29 is 14.3 Å². The Bertz CT molecular complexity index is 482. The summed E-state index contributed by atoms with van der Waals surface area (Å²) >= 11 is 0. The van der Waals surface area contributed by atoms with Crippen LogP contribution in [0.3, 0.4) is 0 Å². The smallest absolute Gasteiger partial charge is 0.227 e. The predicted octanol–water partition coefficient (Wildman–Crippen LogP) is 1.69.